The Bertz CT molecular complexity index is 696. The Morgan fingerprint density at radius 2 is 2.08 bits per heavy atom. The maximum atomic E-state index is 13.4. The van der Waals surface area contributed by atoms with E-state index in [0.717, 1.165) is 12.0 Å². The Hall–Kier alpha value is -1.85. The molecule has 1 fully saturated rings. The van der Waals surface area contributed by atoms with E-state index in [4.69, 9.17) is 4.74 Å². The molecule has 0 aliphatic heterocycles. The zero-order chi connectivity index (χ0) is 18.2. The van der Waals surface area contributed by atoms with Crippen molar-refractivity contribution in [3.05, 3.63) is 34.9 Å². The van der Waals surface area contributed by atoms with Gasteiger partial charge >= 0.3 is 12.1 Å². The first-order chi connectivity index (χ1) is 11.7. The van der Waals surface area contributed by atoms with Crippen molar-refractivity contribution in [2.24, 2.45) is 5.92 Å². The average Bonchev–Trinajstić information content (AvgIpc) is 2.69. The van der Waals surface area contributed by atoms with Gasteiger partial charge in [0.2, 0.25) is 0 Å². The minimum atomic E-state index is -4.30. The van der Waals surface area contributed by atoms with Crippen molar-refractivity contribution >= 4 is 11.8 Å². The van der Waals surface area contributed by atoms with Crippen LogP contribution in [0.3, 0.4) is 0 Å². The number of carbonyl (C=O) groups is 2. The SMILES string of the molecule is COC(=O)c1ccc2c(c1)CCCC1CC(=O)CCC21CC(F)(F)F. The predicted octanol–water partition coefficient (Wildman–Crippen LogP) is 4.37. The third-order valence-corrected chi connectivity index (χ3v) is 5.68. The standard InChI is InChI=1S/C19H21F3O3/c1-25-17(24)13-5-6-16-12(9-13)3-2-4-14-10-15(23)7-8-18(14,16)11-19(20,21)22/h5-6,9,14H,2-4,7-8,10-11H2,1H3. The fourth-order valence-electron chi connectivity index (χ4n) is 4.63. The number of benzene rings is 1. The lowest BCUT2D eigenvalue weighted by Crippen LogP contribution is -2.44. The fraction of sp³-hybridized carbons (Fsp3) is 0.579. The number of alkyl halides is 3. The van der Waals surface area contributed by atoms with Gasteiger partial charge in [0, 0.05) is 18.3 Å². The summed E-state index contributed by atoms with van der Waals surface area (Å²) in [5.41, 5.74) is 0.734. The average molecular weight is 354 g/mol. The van der Waals surface area contributed by atoms with Crippen LogP contribution in [-0.4, -0.2) is 25.0 Å². The Morgan fingerprint density at radius 3 is 2.76 bits per heavy atom. The molecule has 2 unspecified atom stereocenters. The monoisotopic (exact) mass is 354 g/mol. The number of ether oxygens (including phenoxy) is 1. The second-order valence-corrected chi connectivity index (χ2v) is 7.14. The van der Waals surface area contributed by atoms with Crippen LogP contribution in [0, 0.1) is 5.92 Å². The lowest BCUT2D eigenvalue weighted by atomic mass is 9.59. The highest BCUT2D eigenvalue weighted by molar-refractivity contribution is 5.89. The van der Waals surface area contributed by atoms with E-state index in [-0.39, 0.29) is 31.0 Å². The van der Waals surface area contributed by atoms with Crippen molar-refractivity contribution in [2.45, 2.75) is 56.5 Å². The molecule has 6 heteroatoms. The van der Waals surface area contributed by atoms with Crippen molar-refractivity contribution in [3.8, 4) is 0 Å². The Kier molecular flexibility index (Phi) is 4.64. The van der Waals surface area contributed by atoms with Crippen LogP contribution >= 0.6 is 0 Å². The molecule has 3 nitrogen and oxygen atoms in total. The molecule has 0 saturated heterocycles. The molecular formula is C19H21F3O3. The van der Waals surface area contributed by atoms with Crippen molar-refractivity contribution < 1.29 is 27.5 Å². The first kappa shape index (κ1) is 18.0. The van der Waals surface area contributed by atoms with E-state index in [1.165, 1.54) is 7.11 Å². The van der Waals surface area contributed by atoms with E-state index in [1.54, 1.807) is 18.2 Å². The number of fused-ring (bicyclic) bond motifs is 3. The van der Waals surface area contributed by atoms with Crippen LogP contribution in [0.1, 0.15) is 60.0 Å². The van der Waals surface area contributed by atoms with Crippen LogP contribution in [-0.2, 0) is 21.4 Å². The first-order valence-electron chi connectivity index (χ1n) is 8.55. The molecule has 0 bridgehead atoms. The molecule has 0 aromatic heterocycles. The first-order valence-corrected chi connectivity index (χ1v) is 8.55. The highest BCUT2D eigenvalue weighted by atomic mass is 19.4. The van der Waals surface area contributed by atoms with E-state index >= 15 is 0 Å². The van der Waals surface area contributed by atoms with Gasteiger partial charge in [-0.15, -0.1) is 0 Å². The summed E-state index contributed by atoms with van der Waals surface area (Å²) in [5.74, 6) is -0.731. The topological polar surface area (TPSA) is 43.4 Å². The predicted molar refractivity (Wildman–Crippen MR) is 85.4 cm³/mol. The minimum absolute atomic E-state index is 0.0532. The zero-order valence-electron chi connectivity index (χ0n) is 14.1. The molecule has 0 N–H and O–H groups in total. The van der Waals surface area contributed by atoms with Gasteiger partial charge in [0.25, 0.3) is 0 Å². The molecular weight excluding hydrogens is 333 g/mol. The Balaban J connectivity index is 2.12. The van der Waals surface area contributed by atoms with Gasteiger partial charge in [0.05, 0.1) is 19.1 Å². The fourth-order valence-corrected chi connectivity index (χ4v) is 4.63. The zero-order valence-corrected chi connectivity index (χ0v) is 14.1. The number of hydrogen-bond donors (Lipinski definition) is 0. The summed E-state index contributed by atoms with van der Waals surface area (Å²) in [6, 6.07) is 4.86. The molecule has 0 spiro atoms. The van der Waals surface area contributed by atoms with Gasteiger partial charge in [-0.25, -0.2) is 4.79 Å². The van der Waals surface area contributed by atoms with Crippen LogP contribution in [0.4, 0.5) is 13.2 Å². The summed E-state index contributed by atoms with van der Waals surface area (Å²) in [6.45, 7) is 0. The maximum Gasteiger partial charge on any atom is 0.389 e. The van der Waals surface area contributed by atoms with Gasteiger partial charge in [-0.3, -0.25) is 4.79 Å². The summed E-state index contributed by atoms with van der Waals surface area (Å²) in [6.07, 6.45) is -2.66. The molecule has 0 radical (unpaired) electrons. The molecule has 3 rings (SSSR count). The molecule has 1 aromatic rings. The molecule has 1 aromatic carbocycles. The van der Waals surface area contributed by atoms with E-state index in [0.29, 0.717) is 24.0 Å². The number of carbonyl (C=O) groups excluding carboxylic acids is 2. The van der Waals surface area contributed by atoms with Crippen molar-refractivity contribution in [3.63, 3.8) is 0 Å². The molecule has 0 heterocycles. The number of ketones is 1. The third-order valence-electron chi connectivity index (χ3n) is 5.68. The number of aryl methyl sites for hydroxylation is 1. The highest BCUT2D eigenvalue weighted by Gasteiger charge is 2.52. The lowest BCUT2D eigenvalue weighted by molar-refractivity contribution is -0.159. The van der Waals surface area contributed by atoms with E-state index in [1.807, 2.05) is 0 Å². The molecule has 2 aliphatic carbocycles. The second-order valence-electron chi connectivity index (χ2n) is 7.14. The molecule has 1 saturated carbocycles. The van der Waals surface area contributed by atoms with E-state index in [9.17, 15) is 22.8 Å². The van der Waals surface area contributed by atoms with Gasteiger partial charge in [0.15, 0.2) is 0 Å². The van der Waals surface area contributed by atoms with Crippen molar-refractivity contribution in [1.82, 2.24) is 0 Å². The van der Waals surface area contributed by atoms with E-state index < -0.39 is 24.0 Å². The van der Waals surface area contributed by atoms with Crippen LogP contribution < -0.4 is 0 Å². The Labute approximate surface area is 144 Å². The lowest BCUT2D eigenvalue weighted by Gasteiger charge is -2.44. The van der Waals surface area contributed by atoms with E-state index in [2.05, 4.69) is 0 Å². The number of Topliss-reactive ketones (excluding diaryl/α,β-unsaturated/α-hetero) is 1. The number of esters is 1. The maximum absolute atomic E-state index is 13.4. The van der Waals surface area contributed by atoms with Crippen LogP contribution in [0.15, 0.2) is 18.2 Å². The molecule has 136 valence electrons. The van der Waals surface area contributed by atoms with Crippen molar-refractivity contribution in [2.75, 3.05) is 7.11 Å². The van der Waals surface area contributed by atoms with Gasteiger partial charge in [-0.1, -0.05) is 6.07 Å². The third kappa shape index (κ3) is 3.44. The molecule has 2 atom stereocenters. The summed E-state index contributed by atoms with van der Waals surface area (Å²) >= 11 is 0. The molecule has 2 aliphatic rings. The van der Waals surface area contributed by atoms with Gasteiger partial charge < -0.3 is 4.74 Å². The number of rotatable bonds is 2. The van der Waals surface area contributed by atoms with Gasteiger partial charge in [-0.2, -0.15) is 13.2 Å². The summed E-state index contributed by atoms with van der Waals surface area (Å²) in [5, 5.41) is 0. The quantitative estimate of drug-likeness (QED) is 0.741. The van der Waals surface area contributed by atoms with Gasteiger partial charge in [0.1, 0.15) is 5.78 Å². The van der Waals surface area contributed by atoms with Crippen LogP contribution in [0.5, 0.6) is 0 Å². The van der Waals surface area contributed by atoms with Crippen molar-refractivity contribution in [1.29, 1.82) is 0 Å². The molecule has 0 amide bonds. The summed E-state index contributed by atoms with van der Waals surface area (Å²) in [4.78, 5) is 23.7. The summed E-state index contributed by atoms with van der Waals surface area (Å²) < 4.78 is 45.0. The smallest absolute Gasteiger partial charge is 0.389 e. The Morgan fingerprint density at radius 1 is 1.32 bits per heavy atom. The van der Waals surface area contributed by atoms with Crippen LogP contribution in [0.2, 0.25) is 0 Å². The van der Waals surface area contributed by atoms with Gasteiger partial charge in [-0.05, 0) is 54.9 Å². The minimum Gasteiger partial charge on any atom is -0.465 e. The number of hydrogen-bond acceptors (Lipinski definition) is 3. The normalized spacial score (nSPS) is 26.4. The number of methoxy groups -OCH3 is 1. The summed E-state index contributed by atoms with van der Waals surface area (Å²) in [7, 11) is 1.28. The second kappa shape index (κ2) is 6.46. The van der Waals surface area contributed by atoms with Crippen LogP contribution in [0.25, 0.3) is 0 Å². The highest BCUT2D eigenvalue weighted by Crippen LogP contribution is 2.53. The largest absolute Gasteiger partial charge is 0.465 e. The number of halogens is 3. The molecule has 25 heavy (non-hydrogen) atoms.